The Labute approximate surface area is 155 Å². The summed E-state index contributed by atoms with van der Waals surface area (Å²) >= 11 is 1.06. The predicted molar refractivity (Wildman–Crippen MR) is 104 cm³/mol. The maximum Gasteiger partial charge on any atom is 0.245 e. The molecule has 2 aromatic rings. The fourth-order valence-electron chi connectivity index (χ4n) is 2.91. The van der Waals surface area contributed by atoms with Gasteiger partial charge in [-0.15, -0.1) is 0 Å². The van der Waals surface area contributed by atoms with Gasteiger partial charge in [0, 0.05) is 13.1 Å². The van der Waals surface area contributed by atoms with Crippen LogP contribution in [0.4, 0.5) is 0 Å². The summed E-state index contributed by atoms with van der Waals surface area (Å²) in [7, 11) is -3.53. The van der Waals surface area contributed by atoms with Gasteiger partial charge in [0.25, 0.3) is 0 Å². The topological polar surface area (TPSA) is 63.2 Å². The van der Waals surface area contributed by atoms with E-state index >= 15 is 0 Å². The molecule has 0 aliphatic carbocycles. The van der Waals surface area contributed by atoms with Crippen LogP contribution in [-0.4, -0.2) is 34.6 Å². The first-order valence-electron chi connectivity index (χ1n) is 9.32. The highest BCUT2D eigenvalue weighted by molar-refractivity contribution is 7.89. The molecule has 0 bridgehead atoms. The van der Waals surface area contributed by atoms with Gasteiger partial charge < -0.3 is 0 Å². The molecule has 2 rings (SSSR count). The first kappa shape index (κ1) is 20.3. The summed E-state index contributed by atoms with van der Waals surface area (Å²) in [5.41, 5.74) is 1.16. The van der Waals surface area contributed by atoms with Crippen LogP contribution in [0.15, 0.2) is 23.1 Å². The van der Waals surface area contributed by atoms with Crippen molar-refractivity contribution in [3.8, 4) is 0 Å². The Bertz CT molecular complexity index is 732. The van der Waals surface area contributed by atoms with E-state index < -0.39 is 10.0 Å². The van der Waals surface area contributed by atoms with E-state index in [-0.39, 0.29) is 0 Å². The van der Waals surface area contributed by atoms with Crippen LogP contribution in [0.1, 0.15) is 65.2 Å². The number of hydrogen-bond acceptors (Lipinski definition) is 5. The van der Waals surface area contributed by atoms with E-state index in [1.807, 2.05) is 6.07 Å². The third kappa shape index (κ3) is 5.46. The lowest BCUT2D eigenvalue weighted by Gasteiger charge is -2.22. The van der Waals surface area contributed by atoms with Crippen LogP contribution in [0.3, 0.4) is 0 Å². The molecule has 1 aromatic carbocycles. The van der Waals surface area contributed by atoms with Gasteiger partial charge in [-0.2, -0.15) is 13.1 Å². The molecule has 0 fully saturated rings. The fourth-order valence-corrected chi connectivity index (χ4v) is 5.18. The molecule has 0 N–H and O–H groups in total. The van der Waals surface area contributed by atoms with E-state index in [0.717, 1.165) is 63.1 Å². The average molecular weight is 384 g/mol. The summed E-state index contributed by atoms with van der Waals surface area (Å²) in [6.07, 6.45) is 8.54. The zero-order chi connectivity index (χ0) is 18.1. The predicted octanol–water partition coefficient (Wildman–Crippen LogP) is 4.84. The molecule has 0 aliphatic heterocycles. The molecule has 7 heteroatoms. The number of unbranched alkanes of at least 4 members (excludes halogenated alkanes) is 6. The van der Waals surface area contributed by atoms with E-state index in [9.17, 15) is 8.42 Å². The molecule has 1 aromatic heterocycles. The minimum Gasteiger partial charge on any atom is -0.207 e. The van der Waals surface area contributed by atoms with Crippen LogP contribution in [-0.2, 0) is 10.0 Å². The Balaban J connectivity index is 2.18. The third-order valence-corrected chi connectivity index (χ3v) is 6.86. The van der Waals surface area contributed by atoms with Crippen LogP contribution in [0.2, 0.25) is 0 Å². The van der Waals surface area contributed by atoms with Crippen LogP contribution in [0.5, 0.6) is 0 Å². The largest absolute Gasteiger partial charge is 0.245 e. The van der Waals surface area contributed by atoms with Gasteiger partial charge in [-0.05, 0) is 25.0 Å². The molecular weight excluding hydrogens is 354 g/mol. The molecule has 25 heavy (non-hydrogen) atoms. The highest BCUT2D eigenvalue weighted by Gasteiger charge is 2.26. The number of fused-ring (bicyclic) bond motifs is 1. The molecular formula is C18H29N3O2S2. The molecule has 5 nitrogen and oxygen atoms in total. The molecule has 0 spiro atoms. The van der Waals surface area contributed by atoms with E-state index in [1.165, 1.54) is 0 Å². The van der Waals surface area contributed by atoms with Gasteiger partial charge in [-0.1, -0.05) is 58.4 Å². The van der Waals surface area contributed by atoms with Crippen LogP contribution < -0.4 is 0 Å². The molecule has 0 unspecified atom stereocenters. The maximum absolute atomic E-state index is 13.2. The van der Waals surface area contributed by atoms with E-state index in [0.29, 0.717) is 29.0 Å². The molecule has 0 amide bonds. The zero-order valence-electron chi connectivity index (χ0n) is 15.3. The number of nitrogens with zero attached hydrogens (tertiary/aromatic N) is 3. The summed E-state index contributed by atoms with van der Waals surface area (Å²) in [5.74, 6) is 0. The van der Waals surface area contributed by atoms with E-state index in [2.05, 4.69) is 22.6 Å². The van der Waals surface area contributed by atoms with Gasteiger partial charge in [0.05, 0.1) is 11.7 Å². The first-order valence-corrected chi connectivity index (χ1v) is 11.5. The molecule has 0 radical (unpaired) electrons. The normalized spacial score (nSPS) is 12.3. The number of benzene rings is 1. The van der Waals surface area contributed by atoms with Crippen molar-refractivity contribution in [3.05, 3.63) is 18.2 Å². The number of rotatable bonds is 12. The van der Waals surface area contributed by atoms with E-state index in [1.54, 1.807) is 16.4 Å². The summed E-state index contributed by atoms with van der Waals surface area (Å²) in [6.45, 7) is 5.50. The molecule has 0 saturated carbocycles. The Morgan fingerprint density at radius 3 is 2.16 bits per heavy atom. The lowest BCUT2D eigenvalue weighted by atomic mass is 10.2. The number of sulfonamides is 1. The molecule has 0 saturated heterocycles. The number of aromatic nitrogens is 2. The van der Waals surface area contributed by atoms with Crippen molar-refractivity contribution in [1.82, 2.24) is 13.1 Å². The van der Waals surface area contributed by atoms with Crippen molar-refractivity contribution in [2.75, 3.05) is 13.1 Å². The summed E-state index contributed by atoms with van der Waals surface area (Å²) in [6, 6.07) is 5.22. The second-order valence-electron chi connectivity index (χ2n) is 6.41. The highest BCUT2D eigenvalue weighted by Crippen LogP contribution is 2.25. The minimum atomic E-state index is -3.53. The third-order valence-electron chi connectivity index (χ3n) is 4.39. The molecule has 0 atom stereocenters. The number of hydrogen-bond donors (Lipinski definition) is 0. The van der Waals surface area contributed by atoms with Crippen molar-refractivity contribution in [1.29, 1.82) is 0 Å². The smallest absolute Gasteiger partial charge is 0.207 e. The van der Waals surface area contributed by atoms with Crippen molar-refractivity contribution in [3.63, 3.8) is 0 Å². The molecule has 140 valence electrons. The van der Waals surface area contributed by atoms with Crippen molar-refractivity contribution >= 4 is 32.8 Å². The second kappa shape index (κ2) is 10.2. The average Bonchev–Trinajstić information content (AvgIpc) is 3.08. The Morgan fingerprint density at radius 1 is 0.920 bits per heavy atom. The summed E-state index contributed by atoms with van der Waals surface area (Å²) in [4.78, 5) is 0.296. The molecule has 0 aliphatic rings. The van der Waals surface area contributed by atoms with Crippen LogP contribution >= 0.6 is 11.7 Å². The monoisotopic (exact) mass is 383 g/mol. The van der Waals surface area contributed by atoms with Gasteiger partial charge in [-0.25, -0.2) is 8.42 Å². The lowest BCUT2D eigenvalue weighted by Crippen LogP contribution is -2.33. The first-order chi connectivity index (χ1) is 12.1. The van der Waals surface area contributed by atoms with Crippen molar-refractivity contribution < 1.29 is 8.42 Å². The van der Waals surface area contributed by atoms with Gasteiger partial charge in [0.2, 0.25) is 10.0 Å². The van der Waals surface area contributed by atoms with Crippen LogP contribution in [0, 0.1) is 0 Å². The Kier molecular flexibility index (Phi) is 8.26. The van der Waals surface area contributed by atoms with Crippen LogP contribution in [0.25, 0.3) is 11.0 Å². The van der Waals surface area contributed by atoms with Gasteiger partial charge in [0.15, 0.2) is 0 Å². The summed E-state index contributed by atoms with van der Waals surface area (Å²) in [5, 5.41) is 0. The Hall–Kier alpha value is -1.05. The molecule has 1 heterocycles. The van der Waals surface area contributed by atoms with E-state index in [4.69, 9.17) is 0 Å². The quantitative estimate of drug-likeness (QED) is 0.492. The summed E-state index contributed by atoms with van der Waals surface area (Å²) < 4.78 is 36.5. The van der Waals surface area contributed by atoms with Gasteiger partial charge in [-0.3, -0.25) is 0 Å². The van der Waals surface area contributed by atoms with Gasteiger partial charge >= 0.3 is 0 Å². The SMILES string of the molecule is CCCCCCN(CCCCCC)S(=O)(=O)c1cccc2nsnc12. The second-order valence-corrected chi connectivity index (χ2v) is 8.85. The highest BCUT2D eigenvalue weighted by atomic mass is 32.2. The van der Waals surface area contributed by atoms with Crippen molar-refractivity contribution in [2.45, 2.75) is 70.1 Å². The van der Waals surface area contributed by atoms with Crippen molar-refractivity contribution in [2.24, 2.45) is 0 Å². The Morgan fingerprint density at radius 2 is 1.56 bits per heavy atom. The lowest BCUT2D eigenvalue weighted by molar-refractivity contribution is 0.386. The zero-order valence-corrected chi connectivity index (χ0v) is 16.9. The fraction of sp³-hybridized carbons (Fsp3) is 0.667. The standard InChI is InChI=1S/C18H29N3O2S2/c1-3-5-7-9-14-21(15-10-8-6-4-2)25(22,23)17-13-11-12-16-18(17)20-24-19-16/h11-13H,3-10,14-15H2,1-2H3. The van der Waals surface area contributed by atoms with Gasteiger partial charge in [0.1, 0.15) is 15.9 Å². The minimum absolute atomic E-state index is 0.296. The maximum atomic E-state index is 13.2.